The molecule has 4 N–H and O–H groups in total. The Labute approximate surface area is 240 Å². The molecule has 41 heavy (non-hydrogen) atoms. The number of aryl methyl sites for hydroxylation is 1. The van der Waals surface area contributed by atoms with E-state index >= 15 is 0 Å². The van der Waals surface area contributed by atoms with Crippen LogP contribution >= 0.6 is 0 Å². The Bertz CT molecular complexity index is 1380. The van der Waals surface area contributed by atoms with Gasteiger partial charge in [-0.25, -0.2) is 4.79 Å². The molecule has 3 amide bonds. The molecule has 0 fully saturated rings. The van der Waals surface area contributed by atoms with E-state index in [1.807, 2.05) is 32.2 Å². The fourth-order valence-corrected chi connectivity index (χ4v) is 5.11. The molecule has 0 aliphatic carbocycles. The number of hydrogen-bond donors (Lipinski definition) is 4. The Morgan fingerprint density at radius 2 is 1.78 bits per heavy atom. The molecule has 1 aromatic carbocycles. The van der Waals surface area contributed by atoms with Crippen molar-refractivity contribution in [3.05, 3.63) is 64.3 Å². The summed E-state index contributed by atoms with van der Waals surface area (Å²) in [4.78, 5) is 60.8. The van der Waals surface area contributed by atoms with Gasteiger partial charge in [0.05, 0.1) is 11.0 Å². The Kier molecular flexibility index (Phi) is 10.7. The van der Waals surface area contributed by atoms with Crippen molar-refractivity contribution in [3.63, 3.8) is 0 Å². The topological polar surface area (TPSA) is 141 Å². The summed E-state index contributed by atoms with van der Waals surface area (Å²) < 4.78 is 1.59. The van der Waals surface area contributed by atoms with Gasteiger partial charge in [0.2, 0.25) is 11.8 Å². The fourth-order valence-electron chi connectivity index (χ4n) is 5.11. The maximum absolute atomic E-state index is 13.1. The van der Waals surface area contributed by atoms with Crippen LogP contribution in [0.3, 0.4) is 0 Å². The van der Waals surface area contributed by atoms with Gasteiger partial charge < -0.3 is 20.9 Å². The second kappa shape index (κ2) is 14.6. The van der Waals surface area contributed by atoms with Crippen molar-refractivity contribution in [3.8, 4) is 0 Å². The normalized spacial score (nSPS) is 19.7. The second-order valence-electron chi connectivity index (χ2n) is 10.7. The van der Waals surface area contributed by atoms with E-state index in [0.717, 1.165) is 24.9 Å². The van der Waals surface area contributed by atoms with E-state index in [9.17, 15) is 19.2 Å². The first-order valence-corrected chi connectivity index (χ1v) is 14.5. The van der Waals surface area contributed by atoms with Crippen LogP contribution in [0.4, 0.5) is 0 Å². The number of carbonyl (C=O) groups is 3. The van der Waals surface area contributed by atoms with Crippen LogP contribution in [0.15, 0.2) is 47.5 Å². The molecule has 1 aliphatic rings. The summed E-state index contributed by atoms with van der Waals surface area (Å²) in [6.07, 6.45) is 6.51. The predicted molar refractivity (Wildman–Crippen MR) is 157 cm³/mol. The maximum atomic E-state index is 13.1. The monoisotopic (exact) mass is 563 g/mol. The van der Waals surface area contributed by atoms with Gasteiger partial charge in [0.25, 0.3) is 5.91 Å². The van der Waals surface area contributed by atoms with E-state index in [2.05, 4.69) is 30.8 Å². The van der Waals surface area contributed by atoms with Gasteiger partial charge in [-0.15, -0.1) is 0 Å². The number of H-pyrrole nitrogens is 1. The highest BCUT2D eigenvalue weighted by atomic mass is 16.2. The molecule has 2 atom stereocenters. The number of aromatic nitrogens is 3. The van der Waals surface area contributed by atoms with E-state index in [1.54, 1.807) is 29.0 Å². The average Bonchev–Trinajstić information content (AvgIpc) is 3.29. The molecule has 11 heteroatoms. The number of benzene rings is 1. The van der Waals surface area contributed by atoms with Gasteiger partial charge in [0.1, 0.15) is 6.04 Å². The van der Waals surface area contributed by atoms with Gasteiger partial charge in [-0.05, 0) is 61.6 Å². The lowest BCUT2D eigenvalue weighted by atomic mass is 9.98. The van der Waals surface area contributed by atoms with Gasteiger partial charge >= 0.3 is 5.69 Å². The largest absolute Gasteiger partial charge is 0.354 e. The second-order valence-corrected chi connectivity index (χ2v) is 10.7. The molecule has 11 nitrogen and oxygen atoms in total. The SMILES string of the molecule is CC[C@H](C)[C@@H]1NC(=O)CCCN(Cc2cccnc2)CCCNC(=O)c2ccc3[nH]c(=O)n(c3c2)CCCNC1=O. The molecule has 3 aromatic rings. The van der Waals surface area contributed by atoms with Crippen LogP contribution in [-0.2, 0) is 22.7 Å². The lowest BCUT2D eigenvalue weighted by Gasteiger charge is -2.25. The van der Waals surface area contributed by atoms with E-state index < -0.39 is 6.04 Å². The molecule has 2 bridgehead atoms. The molecular weight excluding hydrogens is 522 g/mol. The van der Waals surface area contributed by atoms with Crippen molar-refractivity contribution >= 4 is 28.8 Å². The van der Waals surface area contributed by atoms with Crippen LogP contribution < -0.4 is 21.6 Å². The molecule has 0 saturated carbocycles. The molecule has 0 unspecified atom stereocenters. The van der Waals surface area contributed by atoms with E-state index in [4.69, 9.17) is 0 Å². The molecule has 0 saturated heterocycles. The van der Waals surface area contributed by atoms with Crippen LogP contribution in [0.5, 0.6) is 0 Å². The Morgan fingerprint density at radius 1 is 1.00 bits per heavy atom. The number of pyridine rings is 1. The summed E-state index contributed by atoms with van der Waals surface area (Å²) in [5.74, 6) is -0.591. The summed E-state index contributed by atoms with van der Waals surface area (Å²) in [7, 11) is 0. The molecule has 2 aromatic heterocycles. The van der Waals surface area contributed by atoms with Crippen LogP contribution in [0.2, 0.25) is 0 Å². The molecule has 0 radical (unpaired) electrons. The van der Waals surface area contributed by atoms with Crippen LogP contribution in [0.1, 0.15) is 61.9 Å². The number of fused-ring (bicyclic) bond motifs is 1. The third-order valence-electron chi connectivity index (χ3n) is 7.65. The highest BCUT2D eigenvalue weighted by Gasteiger charge is 2.25. The van der Waals surface area contributed by atoms with Crippen molar-refractivity contribution in [2.45, 2.75) is 65.1 Å². The number of imidazole rings is 1. The lowest BCUT2D eigenvalue weighted by Crippen LogP contribution is -2.50. The summed E-state index contributed by atoms with van der Waals surface area (Å²) >= 11 is 0. The Morgan fingerprint density at radius 3 is 2.56 bits per heavy atom. The molecule has 220 valence electrons. The molecule has 4 rings (SSSR count). The fraction of sp³-hybridized carbons (Fsp3) is 0.500. The zero-order valence-electron chi connectivity index (χ0n) is 23.9. The van der Waals surface area contributed by atoms with Gasteiger partial charge in [-0.3, -0.25) is 28.8 Å². The highest BCUT2D eigenvalue weighted by molar-refractivity contribution is 5.97. The summed E-state index contributed by atoms with van der Waals surface area (Å²) in [6, 6.07) is 8.48. The van der Waals surface area contributed by atoms with E-state index in [-0.39, 0.29) is 29.3 Å². The minimum absolute atomic E-state index is 0.0256. The predicted octanol–water partition coefficient (Wildman–Crippen LogP) is 2.18. The van der Waals surface area contributed by atoms with Crippen molar-refractivity contribution in [1.29, 1.82) is 0 Å². The van der Waals surface area contributed by atoms with Crippen molar-refractivity contribution in [2.75, 3.05) is 26.2 Å². The summed E-state index contributed by atoms with van der Waals surface area (Å²) in [5.41, 5.74) is 2.59. The lowest BCUT2D eigenvalue weighted by molar-refractivity contribution is -0.130. The Balaban J connectivity index is 1.52. The molecule has 3 heterocycles. The number of amides is 3. The smallest absolute Gasteiger partial charge is 0.326 e. The maximum Gasteiger partial charge on any atom is 0.326 e. The van der Waals surface area contributed by atoms with Crippen LogP contribution in [0.25, 0.3) is 11.0 Å². The van der Waals surface area contributed by atoms with Crippen molar-refractivity contribution in [1.82, 2.24) is 35.4 Å². The standard InChI is InChI=1S/C30H41N7O4/c1-3-21(2)27-29(40)33-14-7-17-37-25-18-23(10-11-24(25)34-30(37)41)28(39)32-13-6-16-36(15-5-9-26(38)35-27)20-22-8-4-12-31-19-22/h4,8,10-12,18-19,21,27H,3,5-7,9,13-17,20H2,1-2H3,(H,32,39)(H,33,40)(H,34,41)(H,35,38)/t21-,27-/m0/s1. The first kappa shape index (κ1) is 30.0. The number of rotatable bonds is 4. The molecule has 1 aliphatic heterocycles. The Hall–Kier alpha value is -3.99. The number of aromatic amines is 1. The molecule has 0 spiro atoms. The van der Waals surface area contributed by atoms with Crippen LogP contribution in [-0.4, -0.2) is 69.4 Å². The van der Waals surface area contributed by atoms with Gasteiger partial charge in [-0.1, -0.05) is 26.3 Å². The van der Waals surface area contributed by atoms with Crippen molar-refractivity contribution in [2.24, 2.45) is 5.92 Å². The molecular formula is C30H41N7O4. The third-order valence-corrected chi connectivity index (χ3v) is 7.65. The number of nitrogens with one attached hydrogen (secondary N) is 4. The first-order chi connectivity index (χ1) is 19.9. The van der Waals surface area contributed by atoms with E-state index in [1.165, 1.54) is 0 Å². The van der Waals surface area contributed by atoms with Crippen LogP contribution in [0, 0.1) is 5.92 Å². The number of nitrogens with zero attached hydrogens (tertiary/aromatic N) is 3. The minimum Gasteiger partial charge on any atom is -0.354 e. The average molecular weight is 564 g/mol. The summed E-state index contributed by atoms with van der Waals surface area (Å²) in [5, 5.41) is 8.88. The van der Waals surface area contributed by atoms with Crippen molar-refractivity contribution < 1.29 is 14.4 Å². The van der Waals surface area contributed by atoms with Gasteiger partial charge in [-0.2, -0.15) is 0 Å². The summed E-state index contributed by atoms with van der Waals surface area (Å²) in [6.45, 7) is 7.27. The van der Waals surface area contributed by atoms with Gasteiger partial charge in [0, 0.05) is 57.1 Å². The zero-order valence-corrected chi connectivity index (χ0v) is 23.9. The minimum atomic E-state index is -0.622. The first-order valence-electron chi connectivity index (χ1n) is 14.5. The quantitative estimate of drug-likeness (QED) is 0.384. The highest BCUT2D eigenvalue weighted by Crippen LogP contribution is 2.14. The third kappa shape index (κ3) is 8.26. The van der Waals surface area contributed by atoms with E-state index in [0.29, 0.717) is 68.6 Å². The zero-order chi connectivity index (χ0) is 29.2. The number of carbonyl (C=O) groups excluding carboxylic acids is 3. The number of hydrogen-bond acceptors (Lipinski definition) is 6. The van der Waals surface area contributed by atoms with Gasteiger partial charge in [0.15, 0.2) is 0 Å².